The first-order chi connectivity index (χ1) is 8.60. The smallest absolute Gasteiger partial charge is 0.273 e. The fraction of sp³-hybridized carbons (Fsp3) is 0.667. The number of likely N-dealkylation sites (tertiary alicyclic amines) is 1. The molecule has 1 saturated heterocycles. The Bertz CT molecular complexity index is 420. The molecule has 2 heterocycles. The molecule has 1 atom stereocenters. The van der Waals surface area contributed by atoms with Crippen LogP contribution in [0.1, 0.15) is 21.9 Å². The molecule has 1 aromatic heterocycles. The molecule has 2 N–H and O–H groups in total. The summed E-state index contributed by atoms with van der Waals surface area (Å²) in [7, 11) is 3.97. The lowest BCUT2D eigenvalue weighted by molar-refractivity contribution is 0.0769. The molecule has 1 unspecified atom stereocenters. The van der Waals surface area contributed by atoms with E-state index in [2.05, 4.69) is 16.9 Å². The van der Waals surface area contributed by atoms with Gasteiger partial charge in [0.25, 0.3) is 5.91 Å². The van der Waals surface area contributed by atoms with Gasteiger partial charge in [-0.3, -0.25) is 4.79 Å². The normalized spacial score (nSPS) is 20.3. The van der Waals surface area contributed by atoms with Crippen molar-refractivity contribution in [2.75, 3.05) is 33.7 Å². The van der Waals surface area contributed by atoms with Crippen LogP contribution < -0.4 is 5.73 Å². The molecule has 18 heavy (non-hydrogen) atoms. The molecule has 0 spiro atoms. The van der Waals surface area contributed by atoms with Crippen molar-refractivity contribution >= 4 is 17.2 Å². The maximum Gasteiger partial charge on any atom is 0.273 e. The van der Waals surface area contributed by atoms with Crippen LogP contribution in [0, 0.1) is 5.92 Å². The number of hydrogen-bond acceptors (Lipinski definition) is 5. The van der Waals surface area contributed by atoms with Crippen molar-refractivity contribution in [3.8, 4) is 0 Å². The van der Waals surface area contributed by atoms with Crippen LogP contribution in [0.5, 0.6) is 0 Å². The number of rotatable bonds is 4. The van der Waals surface area contributed by atoms with E-state index in [-0.39, 0.29) is 5.91 Å². The van der Waals surface area contributed by atoms with Crippen molar-refractivity contribution in [2.45, 2.75) is 13.0 Å². The third-order valence-corrected chi connectivity index (χ3v) is 4.18. The van der Waals surface area contributed by atoms with Gasteiger partial charge in [-0.2, -0.15) is 0 Å². The lowest BCUT2D eigenvalue weighted by Crippen LogP contribution is -2.33. The molecule has 1 aliphatic heterocycles. The molecule has 6 heteroatoms. The molecule has 100 valence electrons. The Kier molecular flexibility index (Phi) is 4.31. The van der Waals surface area contributed by atoms with Crippen LogP contribution in [-0.2, 0) is 6.54 Å². The SMILES string of the molecule is CN1CCC(CN(C)C(=O)c2csc(CN)n2)C1. The Morgan fingerprint density at radius 3 is 3.06 bits per heavy atom. The fourth-order valence-corrected chi connectivity index (χ4v) is 2.99. The van der Waals surface area contributed by atoms with Crippen molar-refractivity contribution in [1.82, 2.24) is 14.8 Å². The van der Waals surface area contributed by atoms with Crippen LogP contribution in [0.3, 0.4) is 0 Å². The molecule has 0 aromatic carbocycles. The predicted molar refractivity (Wildman–Crippen MR) is 72.6 cm³/mol. The van der Waals surface area contributed by atoms with Gasteiger partial charge >= 0.3 is 0 Å². The third-order valence-electron chi connectivity index (χ3n) is 3.31. The van der Waals surface area contributed by atoms with Gasteiger partial charge in [0.05, 0.1) is 0 Å². The molecule has 1 aliphatic rings. The van der Waals surface area contributed by atoms with E-state index in [0.29, 0.717) is 18.2 Å². The first kappa shape index (κ1) is 13.5. The Morgan fingerprint density at radius 1 is 1.72 bits per heavy atom. The van der Waals surface area contributed by atoms with Gasteiger partial charge in [-0.25, -0.2) is 4.98 Å². The molecule has 5 nitrogen and oxygen atoms in total. The molecule has 0 radical (unpaired) electrons. The number of aromatic nitrogens is 1. The highest BCUT2D eigenvalue weighted by atomic mass is 32.1. The highest BCUT2D eigenvalue weighted by molar-refractivity contribution is 7.09. The van der Waals surface area contributed by atoms with E-state index in [4.69, 9.17) is 5.73 Å². The van der Waals surface area contributed by atoms with Gasteiger partial charge in [-0.05, 0) is 25.9 Å². The second-order valence-corrected chi connectivity index (χ2v) is 5.88. The number of carbonyl (C=O) groups excluding carboxylic acids is 1. The molecule has 1 amide bonds. The lowest BCUT2D eigenvalue weighted by atomic mass is 10.1. The average Bonchev–Trinajstić information content (AvgIpc) is 2.97. The van der Waals surface area contributed by atoms with Crippen LogP contribution in [0.15, 0.2) is 5.38 Å². The minimum Gasteiger partial charge on any atom is -0.340 e. The minimum atomic E-state index is 0.000466. The number of nitrogens with two attached hydrogens (primary N) is 1. The van der Waals surface area contributed by atoms with Crippen LogP contribution in [0.2, 0.25) is 0 Å². The lowest BCUT2D eigenvalue weighted by Gasteiger charge is -2.20. The van der Waals surface area contributed by atoms with Crippen molar-refractivity contribution in [2.24, 2.45) is 11.7 Å². The molecule has 1 fully saturated rings. The zero-order chi connectivity index (χ0) is 13.1. The monoisotopic (exact) mass is 268 g/mol. The third kappa shape index (κ3) is 3.07. The topological polar surface area (TPSA) is 62.5 Å². The van der Waals surface area contributed by atoms with E-state index in [9.17, 15) is 4.79 Å². The second-order valence-electron chi connectivity index (χ2n) is 4.93. The summed E-state index contributed by atoms with van der Waals surface area (Å²) in [6.07, 6.45) is 1.17. The summed E-state index contributed by atoms with van der Waals surface area (Å²) in [5.41, 5.74) is 6.03. The molecule has 0 aliphatic carbocycles. The van der Waals surface area contributed by atoms with Crippen molar-refractivity contribution < 1.29 is 4.79 Å². The Balaban J connectivity index is 1.92. The number of hydrogen-bond donors (Lipinski definition) is 1. The average molecular weight is 268 g/mol. The van der Waals surface area contributed by atoms with Gasteiger partial charge in [0, 0.05) is 32.1 Å². The molecule has 0 saturated carbocycles. The van der Waals surface area contributed by atoms with Crippen molar-refractivity contribution in [3.05, 3.63) is 16.1 Å². The first-order valence-electron chi connectivity index (χ1n) is 6.18. The van der Waals surface area contributed by atoms with E-state index in [1.165, 1.54) is 17.8 Å². The summed E-state index contributed by atoms with van der Waals surface area (Å²) in [6, 6.07) is 0. The van der Waals surface area contributed by atoms with Gasteiger partial charge < -0.3 is 15.5 Å². The fourth-order valence-electron chi connectivity index (χ4n) is 2.34. The van der Waals surface area contributed by atoms with E-state index in [1.807, 2.05) is 7.05 Å². The van der Waals surface area contributed by atoms with Crippen LogP contribution in [-0.4, -0.2) is 54.4 Å². The Labute approximate surface area is 112 Å². The summed E-state index contributed by atoms with van der Waals surface area (Å²) >= 11 is 1.45. The summed E-state index contributed by atoms with van der Waals surface area (Å²) < 4.78 is 0. The predicted octanol–water partition coefficient (Wildman–Crippen LogP) is 0.625. The maximum absolute atomic E-state index is 12.2. The zero-order valence-corrected chi connectivity index (χ0v) is 11.7. The van der Waals surface area contributed by atoms with Crippen LogP contribution in [0.25, 0.3) is 0 Å². The Morgan fingerprint density at radius 2 is 2.50 bits per heavy atom. The molecular weight excluding hydrogens is 248 g/mol. The van der Waals surface area contributed by atoms with E-state index >= 15 is 0 Å². The van der Waals surface area contributed by atoms with Crippen molar-refractivity contribution in [1.29, 1.82) is 0 Å². The highest BCUT2D eigenvalue weighted by Gasteiger charge is 2.23. The van der Waals surface area contributed by atoms with Gasteiger partial charge in [-0.1, -0.05) is 0 Å². The maximum atomic E-state index is 12.2. The van der Waals surface area contributed by atoms with Gasteiger partial charge in [0.2, 0.25) is 0 Å². The largest absolute Gasteiger partial charge is 0.340 e. The standard InChI is InChI=1S/C12H20N4OS/c1-15-4-3-9(6-15)7-16(2)12(17)10-8-18-11(5-13)14-10/h8-9H,3-7,13H2,1-2H3. The zero-order valence-electron chi connectivity index (χ0n) is 10.9. The minimum absolute atomic E-state index is 0.000466. The highest BCUT2D eigenvalue weighted by Crippen LogP contribution is 2.17. The number of amides is 1. The summed E-state index contributed by atoms with van der Waals surface area (Å²) in [6.45, 7) is 3.40. The summed E-state index contributed by atoms with van der Waals surface area (Å²) in [4.78, 5) is 20.5. The number of carbonyl (C=O) groups is 1. The van der Waals surface area contributed by atoms with E-state index in [1.54, 1.807) is 10.3 Å². The second kappa shape index (κ2) is 5.77. The summed E-state index contributed by atoms with van der Waals surface area (Å²) in [5.74, 6) is 0.581. The van der Waals surface area contributed by atoms with Crippen molar-refractivity contribution in [3.63, 3.8) is 0 Å². The molecular formula is C12H20N4OS. The number of nitrogens with zero attached hydrogens (tertiary/aromatic N) is 3. The summed E-state index contributed by atoms with van der Waals surface area (Å²) in [5, 5.41) is 2.61. The van der Waals surface area contributed by atoms with Crippen LogP contribution in [0.4, 0.5) is 0 Å². The van der Waals surface area contributed by atoms with Crippen LogP contribution >= 0.6 is 11.3 Å². The van der Waals surface area contributed by atoms with E-state index in [0.717, 1.165) is 24.6 Å². The quantitative estimate of drug-likeness (QED) is 0.870. The van der Waals surface area contributed by atoms with E-state index < -0.39 is 0 Å². The molecule has 2 rings (SSSR count). The van der Waals surface area contributed by atoms with Gasteiger partial charge in [-0.15, -0.1) is 11.3 Å². The van der Waals surface area contributed by atoms with Gasteiger partial charge in [0.15, 0.2) is 0 Å². The molecule has 0 bridgehead atoms. The van der Waals surface area contributed by atoms with Gasteiger partial charge in [0.1, 0.15) is 10.7 Å². The molecule has 1 aromatic rings. The number of thiazole rings is 1. The Hall–Kier alpha value is -0.980. The first-order valence-corrected chi connectivity index (χ1v) is 7.06.